The molecule has 0 unspecified atom stereocenters. The van der Waals surface area contributed by atoms with Crippen molar-refractivity contribution < 1.29 is 27.5 Å². The van der Waals surface area contributed by atoms with Crippen molar-refractivity contribution in [2.75, 3.05) is 33.4 Å². The third kappa shape index (κ3) is 5.46. The van der Waals surface area contributed by atoms with Crippen molar-refractivity contribution in [3.05, 3.63) is 52.3 Å². The third-order valence-electron chi connectivity index (χ3n) is 5.41. The van der Waals surface area contributed by atoms with E-state index in [4.69, 9.17) is 9.47 Å². The lowest BCUT2D eigenvalue weighted by atomic mass is 10.1. The zero-order valence-electron chi connectivity index (χ0n) is 19.6. The standard InChI is InChI=1S/C23H32N2O6S/c1-7-31-23(27)22-17(3)21(18(4)24(22)5)20(26)15-25(13-8-14-30-6)32(28,29)19-11-9-16(2)10-12-19/h9-12H,7-8,13-15H2,1-6H3. The summed E-state index contributed by atoms with van der Waals surface area (Å²) in [5.41, 5.74) is 2.64. The Morgan fingerprint density at radius 1 is 1.09 bits per heavy atom. The fourth-order valence-electron chi connectivity index (χ4n) is 3.65. The maximum atomic E-state index is 13.3. The summed E-state index contributed by atoms with van der Waals surface area (Å²) in [5, 5.41) is 0. The normalized spacial score (nSPS) is 11.7. The van der Waals surface area contributed by atoms with Crippen molar-refractivity contribution in [3.63, 3.8) is 0 Å². The summed E-state index contributed by atoms with van der Waals surface area (Å²) in [7, 11) is -0.672. The third-order valence-corrected chi connectivity index (χ3v) is 7.27. The van der Waals surface area contributed by atoms with Crippen LogP contribution in [0.3, 0.4) is 0 Å². The second-order valence-electron chi connectivity index (χ2n) is 7.63. The van der Waals surface area contributed by atoms with Crippen LogP contribution in [0.25, 0.3) is 0 Å². The number of aromatic nitrogens is 1. The Kier molecular flexibility index (Phi) is 8.77. The first-order chi connectivity index (χ1) is 15.1. The maximum absolute atomic E-state index is 13.3. The molecule has 176 valence electrons. The van der Waals surface area contributed by atoms with E-state index in [1.165, 1.54) is 23.5 Å². The van der Waals surface area contributed by atoms with Gasteiger partial charge in [0.25, 0.3) is 0 Å². The van der Waals surface area contributed by atoms with Crippen LogP contribution in [0.2, 0.25) is 0 Å². The van der Waals surface area contributed by atoms with Crippen LogP contribution in [0, 0.1) is 20.8 Å². The number of esters is 1. The minimum atomic E-state index is -3.90. The number of nitrogens with zero attached hydrogens (tertiary/aromatic N) is 2. The van der Waals surface area contributed by atoms with E-state index in [0.717, 1.165) is 5.56 Å². The SMILES string of the molecule is CCOC(=O)c1c(C)c(C(=O)CN(CCCOC)S(=O)(=O)c2ccc(C)cc2)c(C)n1C. The Morgan fingerprint density at radius 3 is 2.28 bits per heavy atom. The number of benzene rings is 1. The van der Waals surface area contributed by atoms with E-state index < -0.39 is 16.0 Å². The molecule has 32 heavy (non-hydrogen) atoms. The van der Waals surface area contributed by atoms with Crippen LogP contribution >= 0.6 is 0 Å². The lowest BCUT2D eigenvalue weighted by Crippen LogP contribution is -2.37. The van der Waals surface area contributed by atoms with Crippen molar-refractivity contribution in [2.24, 2.45) is 7.05 Å². The second kappa shape index (κ2) is 10.9. The van der Waals surface area contributed by atoms with Crippen molar-refractivity contribution >= 4 is 21.8 Å². The first-order valence-electron chi connectivity index (χ1n) is 10.5. The summed E-state index contributed by atoms with van der Waals surface area (Å²) in [6, 6.07) is 6.52. The van der Waals surface area contributed by atoms with E-state index in [-0.39, 0.29) is 30.4 Å². The van der Waals surface area contributed by atoms with E-state index in [0.29, 0.717) is 35.5 Å². The molecule has 0 saturated carbocycles. The Balaban J connectivity index is 2.42. The Hall–Kier alpha value is -2.49. The smallest absolute Gasteiger partial charge is 0.355 e. The summed E-state index contributed by atoms with van der Waals surface area (Å²) in [5.74, 6) is -0.891. The van der Waals surface area contributed by atoms with E-state index in [1.807, 2.05) is 6.92 Å². The van der Waals surface area contributed by atoms with Gasteiger partial charge >= 0.3 is 5.97 Å². The highest BCUT2D eigenvalue weighted by Gasteiger charge is 2.30. The molecule has 0 aliphatic heterocycles. The van der Waals surface area contributed by atoms with Crippen molar-refractivity contribution in [1.29, 1.82) is 0 Å². The molecule has 0 N–H and O–H groups in total. The molecule has 0 atom stereocenters. The number of carbonyl (C=O) groups excluding carboxylic acids is 2. The molecule has 1 aromatic heterocycles. The van der Waals surface area contributed by atoms with Gasteiger partial charge in [-0.1, -0.05) is 17.7 Å². The van der Waals surface area contributed by atoms with Gasteiger partial charge in [0, 0.05) is 38.6 Å². The molecule has 2 rings (SSSR count). The number of hydrogen-bond acceptors (Lipinski definition) is 6. The Bertz CT molecular complexity index is 1070. The molecule has 0 amide bonds. The lowest BCUT2D eigenvalue weighted by molar-refractivity contribution is 0.0514. The first-order valence-corrected chi connectivity index (χ1v) is 11.9. The number of ketones is 1. The molecule has 2 aromatic rings. The predicted octanol–water partition coefficient (Wildman–Crippen LogP) is 3.04. The molecule has 0 aliphatic carbocycles. The highest BCUT2D eigenvalue weighted by atomic mass is 32.2. The Labute approximate surface area is 190 Å². The summed E-state index contributed by atoms with van der Waals surface area (Å²) >= 11 is 0. The van der Waals surface area contributed by atoms with Crippen LogP contribution in [-0.2, 0) is 26.5 Å². The lowest BCUT2D eigenvalue weighted by Gasteiger charge is -2.22. The van der Waals surface area contributed by atoms with Crippen LogP contribution in [0.1, 0.15) is 51.0 Å². The van der Waals surface area contributed by atoms with Crippen molar-refractivity contribution in [3.8, 4) is 0 Å². The van der Waals surface area contributed by atoms with Gasteiger partial charge in [0.15, 0.2) is 5.78 Å². The minimum absolute atomic E-state index is 0.127. The van der Waals surface area contributed by atoms with Crippen molar-refractivity contribution in [2.45, 2.75) is 39.0 Å². The number of rotatable bonds is 11. The van der Waals surface area contributed by atoms with E-state index in [2.05, 4.69) is 0 Å². The molecule has 9 heteroatoms. The fraction of sp³-hybridized carbons (Fsp3) is 0.478. The highest BCUT2D eigenvalue weighted by Crippen LogP contribution is 2.24. The topological polar surface area (TPSA) is 94.9 Å². The van der Waals surface area contributed by atoms with Gasteiger partial charge in [0.1, 0.15) is 5.69 Å². The molecule has 1 aromatic carbocycles. The molecule has 0 bridgehead atoms. The quantitative estimate of drug-likeness (QED) is 0.288. The van der Waals surface area contributed by atoms with Crippen LogP contribution < -0.4 is 0 Å². The summed E-state index contributed by atoms with van der Waals surface area (Å²) < 4.78 is 39.6. The van der Waals surface area contributed by atoms with Gasteiger partial charge in [0.2, 0.25) is 10.0 Å². The predicted molar refractivity (Wildman–Crippen MR) is 122 cm³/mol. The van der Waals surface area contributed by atoms with Gasteiger partial charge in [-0.3, -0.25) is 4.79 Å². The average Bonchev–Trinajstić information content (AvgIpc) is 2.96. The molecule has 0 spiro atoms. The largest absolute Gasteiger partial charge is 0.461 e. The van der Waals surface area contributed by atoms with Gasteiger partial charge in [-0.25, -0.2) is 13.2 Å². The molecule has 0 radical (unpaired) electrons. The van der Waals surface area contributed by atoms with Crippen LogP contribution in [0.4, 0.5) is 0 Å². The highest BCUT2D eigenvalue weighted by molar-refractivity contribution is 7.89. The zero-order chi connectivity index (χ0) is 24.1. The average molecular weight is 465 g/mol. The molecular weight excluding hydrogens is 432 g/mol. The molecular formula is C23H32N2O6S. The van der Waals surface area contributed by atoms with Gasteiger partial charge < -0.3 is 14.0 Å². The monoisotopic (exact) mass is 464 g/mol. The van der Waals surface area contributed by atoms with E-state index in [1.54, 1.807) is 44.5 Å². The number of ether oxygens (including phenoxy) is 2. The van der Waals surface area contributed by atoms with Gasteiger partial charge in [-0.15, -0.1) is 0 Å². The summed E-state index contributed by atoms with van der Waals surface area (Å²) in [4.78, 5) is 25.8. The molecule has 0 aliphatic rings. The number of carbonyl (C=O) groups is 2. The minimum Gasteiger partial charge on any atom is -0.461 e. The second-order valence-corrected chi connectivity index (χ2v) is 9.57. The fourth-order valence-corrected chi connectivity index (χ4v) is 5.08. The first kappa shape index (κ1) is 25.8. The van der Waals surface area contributed by atoms with Gasteiger partial charge in [-0.05, 0) is 51.8 Å². The van der Waals surface area contributed by atoms with E-state index in [9.17, 15) is 18.0 Å². The molecule has 0 saturated heterocycles. The summed E-state index contributed by atoms with van der Waals surface area (Å²) in [6.07, 6.45) is 0.440. The van der Waals surface area contributed by atoms with Crippen LogP contribution in [-0.4, -0.2) is 62.5 Å². The number of aryl methyl sites for hydroxylation is 1. The molecule has 8 nitrogen and oxygen atoms in total. The zero-order valence-corrected chi connectivity index (χ0v) is 20.4. The van der Waals surface area contributed by atoms with Gasteiger partial charge in [0.05, 0.1) is 18.0 Å². The molecule has 0 fully saturated rings. The number of methoxy groups -OCH3 is 1. The number of sulfonamides is 1. The van der Waals surface area contributed by atoms with Crippen LogP contribution in [0.5, 0.6) is 0 Å². The van der Waals surface area contributed by atoms with Crippen LogP contribution in [0.15, 0.2) is 29.2 Å². The number of hydrogen-bond donors (Lipinski definition) is 0. The number of Topliss-reactive ketones (excluding diaryl/α,β-unsaturated/α-hetero) is 1. The van der Waals surface area contributed by atoms with Crippen molar-refractivity contribution in [1.82, 2.24) is 8.87 Å². The van der Waals surface area contributed by atoms with E-state index >= 15 is 0 Å². The Morgan fingerprint density at radius 2 is 1.72 bits per heavy atom. The maximum Gasteiger partial charge on any atom is 0.355 e. The van der Waals surface area contributed by atoms with Gasteiger partial charge in [-0.2, -0.15) is 4.31 Å². The molecule has 1 heterocycles. The summed E-state index contributed by atoms with van der Waals surface area (Å²) in [6.45, 7) is 7.36.